The molecule has 1 aromatic heterocycles. The molecule has 210 valence electrons. The summed E-state index contributed by atoms with van der Waals surface area (Å²) < 4.78 is 60.8. The molecule has 0 bridgehead atoms. The normalized spacial score (nSPS) is 14.5. The second-order valence-electron chi connectivity index (χ2n) is 10.5. The summed E-state index contributed by atoms with van der Waals surface area (Å²) in [6.45, 7) is 9.47. The fourth-order valence-electron chi connectivity index (χ4n) is 4.37. The van der Waals surface area contributed by atoms with Crippen LogP contribution < -0.4 is 4.90 Å². The minimum absolute atomic E-state index is 0.0843. The molecule has 9 nitrogen and oxygen atoms in total. The first kappa shape index (κ1) is 28.5. The number of sulfone groups is 1. The number of ether oxygens (including phenoxy) is 1. The molecule has 1 amide bonds. The summed E-state index contributed by atoms with van der Waals surface area (Å²) in [5, 5.41) is 8.03. The van der Waals surface area contributed by atoms with E-state index in [0.29, 0.717) is 43.9 Å². The standard InChI is InChI=1S/C27H33F2N5O4S/c1-5-15-39(36,37)18-20-9-10-22(28)25(24(20)29)34-17-23(30-31-34)19-7-6-8-21(16-19)32-11-13-33(14-12-32)26(35)38-27(2,3)4/h6-10,16-17H,5,11-15,18H2,1-4H3. The van der Waals surface area contributed by atoms with Crippen LogP contribution in [-0.4, -0.2) is 71.9 Å². The van der Waals surface area contributed by atoms with Gasteiger partial charge in [-0.1, -0.05) is 30.3 Å². The first-order chi connectivity index (χ1) is 18.4. The summed E-state index contributed by atoms with van der Waals surface area (Å²) in [5.74, 6) is -2.47. The molecule has 0 N–H and O–H groups in total. The molecule has 2 aromatic carbocycles. The van der Waals surface area contributed by atoms with E-state index in [1.807, 2.05) is 45.0 Å². The van der Waals surface area contributed by atoms with E-state index in [0.717, 1.165) is 22.5 Å². The highest BCUT2D eigenvalue weighted by atomic mass is 32.2. The second kappa shape index (κ2) is 11.3. The SMILES string of the molecule is CCCS(=O)(=O)Cc1ccc(F)c(-n2cc(-c3cccc(N4CCN(C(=O)OC(C)(C)C)CC4)c3)nn2)c1F. The van der Waals surface area contributed by atoms with Gasteiger partial charge in [0.15, 0.2) is 21.5 Å². The Morgan fingerprint density at radius 3 is 2.46 bits per heavy atom. The van der Waals surface area contributed by atoms with Crippen molar-refractivity contribution in [2.75, 3.05) is 36.8 Å². The molecule has 1 aliphatic heterocycles. The number of piperazine rings is 1. The minimum Gasteiger partial charge on any atom is -0.444 e. The van der Waals surface area contributed by atoms with Gasteiger partial charge in [-0.3, -0.25) is 0 Å². The molecule has 12 heteroatoms. The van der Waals surface area contributed by atoms with Crippen LogP contribution in [-0.2, 0) is 20.3 Å². The summed E-state index contributed by atoms with van der Waals surface area (Å²) in [5.41, 5.74) is 0.839. The summed E-state index contributed by atoms with van der Waals surface area (Å²) in [6.07, 6.45) is 1.48. The van der Waals surface area contributed by atoms with Gasteiger partial charge in [-0.25, -0.2) is 26.7 Å². The molecule has 3 aromatic rings. The van der Waals surface area contributed by atoms with Crippen molar-refractivity contribution in [2.24, 2.45) is 0 Å². The maximum absolute atomic E-state index is 15.3. The number of hydrogen-bond donors (Lipinski definition) is 0. The van der Waals surface area contributed by atoms with Crippen LogP contribution in [0.25, 0.3) is 16.9 Å². The summed E-state index contributed by atoms with van der Waals surface area (Å²) in [4.78, 5) is 16.2. The highest BCUT2D eigenvalue weighted by Gasteiger charge is 2.26. The zero-order valence-corrected chi connectivity index (χ0v) is 23.3. The van der Waals surface area contributed by atoms with E-state index in [1.54, 1.807) is 11.8 Å². The Balaban J connectivity index is 1.51. The zero-order chi connectivity index (χ0) is 28.4. The first-order valence-electron chi connectivity index (χ1n) is 12.8. The summed E-state index contributed by atoms with van der Waals surface area (Å²) in [6, 6.07) is 9.69. The number of rotatable bonds is 7. The lowest BCUT2D eigenvalue weighted by atomic mass is 10.1. The van der Waals surface area contributed by atoms with Crippen LogP contribution in [0.5, 0.6) is 0 Å². The molecule has 4 rings (SSSR count). The lowest BCUT2D eigenvalue weighted by Crippen LogP contribution is -2.50. The van der Waals surface area contributed by atoms with Gasteiger partial charge in [-0.15, -0.1) is 5.10 Å². The largest absolute Gasteiger partial charge is 0.444 e. The van der Waals surface area contributed by atoms with E-state index in [2.05, 4.69) is 15.2 Å². The van der Waals surface area contributed by atoms with Crippen molar-refractivity contribution >= 4 is 21.6 Å². The molecule has 0 unspecified atom stereocenters. The van der Waals surface area contributed by atoms with Crippen molar-refractivity contribution in [1.82, 2.24) is 19.9 Å². The van der Waals surface area contributed by atoms with Crippen molar-refractivity contribution in [1.29, 1.82) is 0 Å². The lowest BCUT2D eigenvalue weighted by molar-refractivity contribution is 0.0240. The first-order valence-corrected chi connectivity index (χ1v) is 14.6. The molecule has 0 saturated carbocycles. The summed E-state index contributed by atoms with van der Waals surface area (Å²) in [7, 11) is -3.53. The Labute approximate surface area is 227 Å². The van der Waals surface area contributed by atoms with E-state index in [4.69, 9.17) is 4.74 Å². The Hall–Kier alpha value is -3.54. The molecule has 0 aliphatic carbocycles. The molecule has 1 fully saturated rings. The van der Waals surface area contributed by atoms with Crippen molar-refractivity contribution < 1.29 is 26.7 Å². The average Bonchev–Trinajstić information content (AvgIpc) is 3.35. The minimum atomic E-state index is -3.53. The van der Waals surface area contributed by atoms with Gasteiger partial charge < -0.3 is 14.5 Å². The van der Waals surface area contributed by atoms with Gasteiger partial charge in [-0.05, 0) is 45.4 Å². The average molecular weight is 562 g/mol. The third kappa shape index (κ3) is 6.92. The van der Waals surface area contributed by atoms with Crippen LogP contribution in [0.15, 0.2) is 42.6 Å². The van der Waals surface area contributed by atoms with E-state index < -0.39 is 38.5 Å². The highest BCUT2D eigenvalue weighted by Crippen LogP contribution is 2.27. The molecule has 39 heavy (non-hydrogen) atoms. The lowest BCUT2D eigenvalue weighted by Gasteiger charge is -2.36. The Morgan fingerprint density at radius 1 is 1.08 bits per heavy atom. The summed E-state index contributed by atoms with van der Waals surface area (Å²) >= 11 is 0. The Morgan fingerprint density at radius 2 is 1.79 bits per heavy atom. The number of hydrogen-bond acceptors (Lipinski definition) is 7. The van der Waals surface area contributed by atoms with Gasteiger partial charge in [0.25, 0.3) is 0 Å². The molecular formula is C27H33F2N5O4S. The molecule has 0 atom stereocenters. The van der Waals surface area contributed by atoms with Crippen LogP contribution in [0, 0.1) is 11.6 Å². The van der Waals surface area contributed by atoms with Crippen LogP contribution in [0.4, 0.5) is 19.3 Å². The predicted molar refractivity (Wildman–Crippen MR) is 145 cm³/mol. The Bertz CT molecular complexity index is 1440. The van der Waals surface area contributed by atoms with E-state index in [9.17, 15) is 17.6 Å². The highest BCUT2D eigenvalue weighted by molar-refractivity contribution is 7.90. The van der Waals surface area contributed by atoms with Crippen molar-refractivity contribution in [2.45, 2.75) is 45.5 Å². The van der Waals surface area contributed by atoms with Crippen molar-refractivity contribution in [3.63, 3.8) is 0 Å². The molecular weight excluding hydrogens is 528 g/mol. The second-order valence-corrected chi connectivity index (χ2v) is 12.7. The predicted octanol–water partition coefficient (Wildman–Crippen LogP) is 4.59. The van der Waals surface area contributed by atoms with Crippen LogP contribution in [0.1, 0.15) is 39.7 Å². The number of carbonyl (C=O) groups is 1. The van der Waals surface area contributed by atoms with Gasteiger partial charge in [0.05, 0.1) is 17.7 Å². The van der Waals surface area contributed by atoms with Crippen LogP contribution >= 0.6 is 0 Å². The van der Waals surface area contributed by atoms with E-state index >= 15 is 4.39 Å². The van der Waals surface area contributed by atoms with E-state index in [1.165, 1.54) is 6.20 Å². The number of anilines is 1. The van der Waals surface area contributed by atoms with Gasteiger partial charge in [0, 0.05) is 43.0 Å². The number of carbonyl (C=O) groups excluding carboxylic acids is 1. The Kier molecular flexibility index (Phi) is 8.24. The van der Waals surface area contributed by atoms with Crippen LogP contribution in [0.2, 0.25) is 0 Å². The van der Waals surface area contributed by atoms with Gasteiger partial charge in [0.2, 0.25) is 0 Å². The van der Waals surface area contributed by atoms with Crippen LogP contribution in [0.3, 0.4) is 0 Å². The number of amides is 1. The third-order valence-corrected chi connectivity index (χ3v) is 7.98. The fourth-order valence-corrected chi connectivity index (χ4v) is 5.83. The van der Waals surface area contributed by atoms with E-state index in [-0.39, 0.29) is 17.4 Å². The number of benzene rings is 2. The van der Waals surface area contributed by atoms with Gasteiger partial charge in [-0.2, -0.15) is 0 Å². The van der Waals surface area contributed by atoms with Crippen molar-refractivity contribution in [3.8, 4) is 16.9 Å². The maximum Gasteiger partial charge on any atom is 0.410 e. The molecule has 0 radical (unpaired) electrons. The number of aromatic nitrogens is 3. The fraction of sp³-hybridized carbons (Fsp3) is 0.444. The maximum atomic E-state index is 15.3. The van der Waals surface area contributed by atoms with Gasteiger partial charge >= 0.3 is 6.09 Å². The molecule has 2 heterocycles. The quantitative estimate of drug-likeness (QED) is 0.416. The third-order valence-electron chi connectivity index (χ3n) is 6.20. The number of halogens is 2. The van der Waals surface area contributed by atoms with Crippen molar-refractivity contribution in [3.05, 3.63) is 59.8 Å². The smallest absolute Gasteiger partial charge is 0.410 e. The number of nitrogens with zero attached hydrogens (tertiary/aromatic N) is 5. The molecule has 0 spiro atoms. The monoisotopic (exact) mass is 561 g/mol. The molecule has 1 aliphatic rings. The topological polar surface area (TPSA) is 97.6 Å². The molecule has 1 saturated heterocycles. The van der Waals surface area contributed by atoms with Gasteiger partial charge in [0.1, 0.15) is 17.0 Å². The zero-order valence-electron chi connectivity index (χ0n) is 22.5.